The van der Waals surface area contributed by atoms with E-state index in [0.717, 1.165) is 4.90 Å². The second kappa shape index (κ2) is 6.47. The van der Waals surface area contributed by atoms with E-state index < -0.39 is 11.9 Å². The Kier molecular flexibility index (Phi) is 4.67. The van der Waals surface area contributed by atoms with Crippen molar-refractivity contribution in [2.24, 2.45) is 0 Å². The lowest BCUT2D eigenvalue weighted by atomic mass is 10.1. The quantitative estimate of drug-likeness (QED) is 0.783. The number of rotatable bonds is 5. The van der Waals surface area contributed by atoms with Crippen molar-refractivity contribution in [2.75, 3.05) is 6.61 Å². The predicted octanol–water partition coefficient (Wildman–Crippen LogP) is 2.55. The van der Waals surface area contributed by atoms with Crippen LogP contribution in [0.15, 0.2) is 24.3 Å². The third-order valence-corrected chi connectivity index (χ3v) is 3.31. The lowest BCUT2D eigenvalue weighted by molar-refractivity contribution is -0.129. The minimum atomic E-state index is -0.627. The van der Waals surface area contributed by atoms with Crippen LogP contribution in [-0.4, -0.2) is 35.3 Å². The lowest BCUT2D eigenvalue weighted by Gasteiger charge is -2.15. The number of halogens is 1. The molecule has 112 valence electrons. The molecule has 0 bridgehead atoms. The summed E-state index contributed by atoms with van der Waals surface area (Å²) in [5.41, 5.74) is 0.415. The van der Waals surface area contributed by atoms with Crippen LogP contribution in [-0.2, 0) is 9.53 Å². The molecule has 1 aromatic rings. The molecule has 1 saturated heterocycles. The Bertz CT molecular complexity index is 555. The summed E-state index contributed by atoms with van der Waals surface area (Å²) in [4.78, 5) is 36.2. The van der Waals surface area contributed by atoms with Gasteiger partial charge in [-0.15, -0.1) is 0 Å². The van der Waals surface area contributed by atoms with E-state index in [0.29, 0.717) is 12.0 Å². The van der Waals surface area contributed by atoms with Crippen LogP contribution in [0.1, 0.15) is 36.5 Å². The molecule has 5 nitrogen and oxygen atoms in total. The summed E-state index contributed by atoms with van der Waals surface area (Å²) >= 11 is 0. The van der Waals surface area contributed by atoms with Gasteiger partial charge in [-0.1, -0.05) is 0 Å². The Balaban J connectivity index is 1.81. The van der Waals surface area contributed by atoms with E-state index in [1.807, 2.05) is 0 Å². The fourth-order valence-corrected chi connectivity index (χ4v) is 2.16. The monoisotopic (exact) mass is 293 g/mol. The number of carbonyl (C=O) groups excluding carboxylic acids is 3. The Labute approximate surface area is 121 Å². The number of carbonyl (C=O) groups is 3. The molecule has 0 aliphatic carbocycles. The van der Waals surface area contributed by atoms with Crippen LogP contribution in [0.25, 0.3) is 0 Å². The van der Waals surface area contributed by atoms with Gasteiger partial charge < -0.3 is 4.74 Å². The van der Waals surface area contributed by atoms with Crippen molar-refractivity contribution in [1.82, 2.24) is 4.90 Å². The highest BCUT2D eigenvalue weighted by atomic mass is 19.1. The number of Topliss-reactive ketones (excluding diaryl/α,β-unsaturated/α-hetero) is 1. The van der Waals surface area contributed by atoms with Gasteiger partial charge in [-0.2, -0.15) is 0 Å². The van der Waals surface area contributed by atoms with Crippen LogP contribution < -0.4 is 0 Å². The minimum Gasteiger partial charge on any atom is -0.447 e. The second-order valence-electron chi connectivity index (χ2n) is 4.97. The van der Waals surface area contributed by atoms with Gasteiger partial charge in [0.25, 0.3) is 0 Å². The number of ether oxygens (including phenoxy) is 1. The van der Waals surface area contributed by atoms with E-state index in [1.54, 1.807) is 6.92 Å². The molecule has 1 aliphatic rings. The van der Waals surface area contributed by atoms with Crippen LogP contribution in [0, 0.1) is 5.82 Å². The maximum Gasteiger partial charge on any atom is 0.416 e. The SMILES string of the molecule is C[C@H]1COC(=O)N1C(=O)CCCC(=O)c1ccc(F)cc1. The first-order valence-electron chi connectivity index (χ1n) is 6.76. The Morgan fingerprint density at radius 1 is 1.29 bits per heavy atom. The molecular formula is C15H16FNO4. The largest absolute Gasteiger partial charge is 0.447 e. The molecule has 1 atom stereocenters. The van der Waals surface area contributed by atoms with Crippen molar-refractivity contribution < 1.29 is 23.5 Å². The summed E-state index contributed by atoms with van der Waals surface area (Å²) in [6.07, 6.45) is -0.00983. The zero-order chi connectivity index (χ0) is 15.4. The van der Waals surface area contributed by atoms with Crippen LogP contribution in [0.5, 0.6) is 0 Å². The van der Waals surface area contributed by atoms with Crippen molar-refractivity contribution >= 4 is 17.8 Å². The summed E-state index contributed by atoms with van der Waals surface area (Å²) in [6, 6.07) is 5.01. The minimum absolute atomic E-state index is 0.104. The average molecular weight is 293 g/mol. The normalized spacial score (nSPS) is 17.7. The number of ketones is 1. The summed E-state index contributed by atoms with van der Waals surface area (Å²) in [6.45, 7) is 1.94. The van der Waals surface area contributed by atoms with E-state index >= 15 is 0 Å². The highest BCUT2D eigenvalue weighted by molar-refractivity contribution is 5.97. The van der Waals surface area contributed by atoms with E-state index in [2.05, 4.69) is 0 Å². The third-order valence-electron chi connectivity index (χ3n) is 3.31. The van der Waals surface area contributed by atoms with Gasteiger partial charge in [0.2, 0.25) is 5.91 Å². The Morgan fingerprint density at radius 2 is 1.95 bits per heavy atom. The van der Waals surface area contributed by atoms with Crippen molar-refractivity contribution in [2.45, 2.75) is 32.2 Å². The molecule has 2 amide bonds. The topological polar surface area (TPSA) is 63.7 Å². The van der Waals surface area contributed by atoms with Crippen molar-refractivity contribution in [3.05, 3.63) is 35.6 Å². The van der Waals surface area contributed by atoms with E-state index in [-0.39, 0.29) is 37.2 Å². The van der Waals surface area contributed by atoms with Gasteiger partial charge in [-0.05, 0) is 37.6 Å². The molecule has 0 N–H and O–H groups in total. The van der Waals surface area contributed by atoms with Gasteiger partial charge in [-0.25, -0.2) is 14.1 Å². The zero-order valence-corrected chi connectivity index (χ0v) is 11.7. The smallest absolute Gasteiger partial charge is 0.416 e. The molecule has 0 radical (unpaired) electrons. The van der Waals surface area contributed by atoms with E-state index in [9.17, 15) is 18.8 Å². The number of nitrogens with zero attached hydrogens (tertiary/aromatic N) is 1. The molecule has 1 aliphatic heterocycles. The van der Waals surface area contributed by atoms with Crippen molar-refractivity contribution in [3.63, 3.8) is 0 Å². The molecule has 1 fully saturated rings. The van der Waals surface area contributed by atoms with E-state index in [4.69, 9.17) is 4.74 Å². The van der Waals surface area contributed by atoms with Crippen LogP contribution >= 0.6 is 0 Å². The van der Waals surface area contributed by atoms with Crippen LogP contribution in [0.4, 0.5) is 9.18 Å². The molecular weight excluding hydrogens is 277 g/mol. The first-order chi connectivity index (χ1) is 9.99. The molecule has 21 heavy (non-hydrogen) atoms. The van der Waals surface area contributed by atoms with Gasteiger partial charge >= 0.3 is 6.09 Å². The molecule has 2 rings (SSSR count). The first-order valence-corrected chi connectivity index (χ1v) is 6.76. The number of hydrogen-bond acceptors (Lipinski definition) is 4. The number of cyclic esters (lactones) is 1. The molecule has 0 aromatic heterocycles. The molecule has 0 saturated carbocycles. The molecule has 1 heterocycles. The fraction of sp³-hybridized carbons (Fsp3) is 0.400. The van der Waals surface area contributed by atoms with Crippen molar-refractivity contribution in [1.29, 1.82) is 0 Å². The van der Waals surface area contributed by atoms with Crippen LogP contribution in [0.3, 0.4) is 0 Å². The second-order valence-corrected chi connectivity index (χ2v) is 4.97. The number of hydrogen-bond donors (Lipinski definition) is 0. The Morgan fingerprint density at radius 3 is 2.52 bits per heavy atom. The van der Waals surface area contributed by atoms with Gasteiger partial charge in [0.05, 0.1) is 6.04 Å². The standard InChI is InChI=1S/C15H16FNO4/c1-10-9-21-15(20)17(10)14(19)4-2-3-13(18)11-5-7-12(16)8-6-11/h5-8,10H,2-4,9H2,1H3/t10-/m0/s1. The predicted molar refractivity (Wildman–Crippen MR) is 72.2 cm³/mol. The van der Waals surface area contributed by atoms with Gasteiger partial charge in [-0.3, -0.25) is 9.59 Å². The molecule has 1 aromatic carbocycles. The molecule has 6 heteroatoms. The maximum absolute atomic E-state index is 12.7. The number of amides is 2. The summed E-state index contributed by atoms with van der Waals surface area (Å²) in [5, 5.41) is 0. The van der Waals surface area contributed by atoms with Gasteiger partial charge in [0.1, 0.15) is 12.4 Å². The summed E-state index contributed by atoms with van der Waals surface area (Å²) in [5.74, 6) is -0.889. The summed E-state index contributed by atoms with van der Waals surface area (Å²) in [7, 11) is 0. The fourth-order valence-electron chi connectivity index (χ4n) is 2.16. The highest BCUT2D eigenvalue weighted by Crippen LogP contribution is 2.15. The average Bonchev–Trinajstić information content (AvgIpc) is 2.78. The first kappa shape index (κ1) is 15.2. The zero-order valence-electron chi connectivity index (χ0n) is 11.7. The third kappa shape index (κ3) is 3.65. The van der Waals surface area contributed by atoms with Gasteiger partial charge in [0, 0.05) is 18.4 Å². The van der Waals surface area contributed by atoms with E-state index in [1.165, 1.54) is 24.3 Å². The van der Waals surface area contributed by atoms with Gasteiger partial charge in [0.15, 0.2) is 5.78 Å². The maximum atomic E-state index is 12.7. The lowest BCUT2D eigenvalue weighted by Crippen LogP contribution is -2.37. The molecule has 0 spiro atoms. The van der Waals surface area contributed by atoms with Crippen LogP contribution in [0.2, 0.25) is 0 Å². The van der Waals surface area contributed by atoms with Crippen molar-refractivity contribution in [3.8, 4) is 0 Å². The number of imide groups is 1. The Hall–Kier alpha value is -2.24. The highest BCUT2D eigenvalue weighted by Gasteiger charge is 2.34. The molecule has 0 unspecified atom stereocenters. The summed E-state index contributed by atoms with van der Waals surface area (Å²) < 4.78 is 17.5. The number of benzene rings is 1.